The Balaban J connectivity index is 2.51. The minimum absolute atomic E-state index is 0.146. The predicted molar refractivity (Wildman–Crippen MR) is 68.6 cm³/mol. The molecule has 1 fully saturated rings. The van der Waals surface area contributed by atoms with Crippen LogP contribution in [-0.2, 0) is 5.41 Å². The van der Waals surface area contributed by atoms with Gasteiger partial charge in [-0.1, -0.05) is 6.92 Å². The van der Waals surface area contributed by atoms with E-state index >= 15 is 0 Å². The highest BCUT2D eigenvalue weighted by molar-refractivity contribution is 5.56. The Labute approximate surface area is 107 Å². The van der Waals surface area contributed by atoms with Crippen LogP contribution in [0.2, 0.25) is 0 Å². The Morgan fingerprint density at radius 3 is 1.94 bits per heavy atom. The molecule has 0 radical (unpaired) electrons. The Morgan fingerprint density at radius 2 is 1.67 bits per heavy atom. The topological polar surface area (TPSA) is 47.9 Å². The maximum Gasteiger partial charge on any atom is 0.203 e. The third kappa shape index (κ3) is 1.81. The van der Waals surface area contributed by atoms with Gasteiger partial charge in [0.1, 0.15) is 0 Å². The number of ether oxygens (including phenoxy) is 3. The Morgan fingerprint density at radius 1 is 1.17 bits per heavy atom. The van der Waals surface area contributed by atoms with Crippen molar-refractivity contribution < 1.29 is 19.3 Å². The van der Waals surface area contributed by atoms with E-state index in [2.05, 4.69) is 6.92 Å². The smallest absolute Gasteiger partial charge is 0.203 e. The fourth-order valence-corrected chi connectivity index (χ4v) is 2.57. The SMILES string of the molecule is COc1cc(C2(CO)CC2C)cc(OC)c1OC. The Bertz CT molecular complexity index is 414. The van der Waals surface area contributed by atoms with Gasteiger partial charge in [-0.15, -0.1) is 0 Å². The van der Waals surface area contributed by atoms with Gasteiger partial charge in [0.2, 0.25) is 5.75 Å². The molecule has 2 unspecified atom stereocenters. The van der Waals surface area contributed by atoms with Crippen molar-refractivity contribution in [1.29, 1.82) is 0 Å². The average Bonchev–Trinajstić information content (AvgIpc) is 3.08. The van der Waals surface area contributed by atoms with Crippen molar-refractivity contribution >= 4 is 0 Å². The highest BCUT2D eigenvalue weighted by Crippen LogP contribution is 2.56. The fourth-order valence-electron chi connectivity index (χ4n) is 2.57. The highest BCUT2D eigenvalue weighted by atomic mass is 16.5. The summed E-state index contributed by atoms with van der Waals surface area (Å²) in [6.07, 6.45) is 0.988. The third-order valence-electron chi connectivity index (χ3n) is 3.98. The minimum atomic E-state index is -0.146. The lowest BCUT2D eigenvalue weighted by Gasteiger charge is -2.19. The molecular weight excluding hydrogens is 232 g/mol. The molecule has 2 rings (SSSR count). The first-order chi connectivity index (χ1) is 8.62. The van der Waals surface area contributed by atoms with E-state index in [0.29, 0.717) is 23.2 Å². The van der Waals surface area contributed by atoms with Gasteiger partial charge in [-0.3, -0.25) is 0 Å². The van der Waals surface area contributed by atoms with Gasteiger partial charge in [-0.25, -0.2) is 0 Å². The molecule has 4 nitrogen and oxygen atoms in total. The van der Waals surface area contributed by atoms with E-state index < -0.39 is 0 Å². The lowest BCUT2D eigenvalue weighted by Crippen LogP contribution is -2.15. The summed E-state index contributed by atoms with van der Waals surface area (Å²) >= 11 is 0. The summed E-state index contributed by atoms with van der Waals surface area (Å²) in [6, 6.07) is 3.86. The summed E-state index contributed by atoms with van der Waals surface area (Å²) in [6.45, 7) is 2.28. The minimum Gasteiger partial charge on any atom is -0.493 e. The number of aliphatic hydroxyl groups is 1. The van der Waals surface area contributed by atoms with Crippen LogP contribution in [0, 0.1) is 5.92 Å². The Kier molecular flexibility index (Phi) is 3.39. The quantitative estimate of drug-likeness (QED) is 0.870. The van der Waals surface area contributed by atoms with Gasteiger partial charge in [0, 0.05) is 5.41 Å². The molecule has 18 heavy (non-hydrogen) atoms. The van der Waals surface area contributed by atoms with E-state index in [1.54, 1.807) is 21.3 Å². The number of hydrogen-bond donors (Lipinski definition) is 1. The molecule has 2 atom stereocenters. The molecule has 0 bridgehead atoms. The first-order valence-electron chi connectivity index (χ1n) is 6.04. The third-order valence-corrected chi connectivity index (χ3v) is 3.98. The molecule has 1 N–H and O–H groups in total. The zero-order valence-corrected chi connectivity index (χ0v) is 11.3. The van der Waals surface area contributed by atoms with Crippen LogP contribution in [0.5, 0.6) is 17.2 Å². The molecule has 0 aromatic heterocycles. The van der Waals surface area contributed by atoms with E-state index in [0.717, 1.165) is 12.0 Å². The van der Waals surface area contributed by atoms with Gasteiger partial charge in [0.25, 0.3) is 0 Å². The normalized spacial score (nSPS) is 25.7. The molecule has 1 aliphatic rings. The summed E-state index contributed by atoms with van der Waals surface area (Å²) in [5.74, 6) is 2.34. The predicted octanol–water partition coefficient (Wildman–Crippen LogP) is 1.98. The molecule has 1 aromatic rings. The van der Waals surface area contributed by atoms with Crippen molar-refractivity contribution in [3.63, 3.8) is 0 Å². The number of hydrogen-bond acceptors (Lipinski definition) is 4. The van der Waals surface area contributed by atoms with Crippen molar-refractivity contribution in [3.8, 4) is 17.2 Å². The maximum absolute atomic E-state index is 9.62. The molecule has 0 saturated heterocycles. The van der Waals surface area contributed by atoms with Crippen LogP contribution in [0.25, 0.3) is 0 Å². The lowest BCUT2D eigenvalue weighted by molar-refractivity contribution is 0.246. The van der Waals surface area contributed by atoms with Gasteiger partial charge < -0.3 is 19.3 Å². The zero-order chi connectivity index (χ0) is 13.3. The number of rotatable bonds is 5. The fraction of sp³-hybridized carbons (Fsp3) is 0.571. The van der Waals surface area contributed by atoms with Crippen molar-refractivity contribution in [1.82, 2.24) is 0 Å². The zero-order valence-electron chi connectivity index (χ0n) is 11.3. The van der Waals surface area contributed by atoms with Crippen molar-refractivity contribution in [3.05, 3.63) is 17.7 Å². The molecule has 100 valence electrons. The maximum atomic E-state index is 9.62. The molecular formula is C14H20O4. The van der Waals surface area contributed by atoms with Crippen LogP contribution < -0.4 is 14.2 Å². The Hall–Kier alpha value is -1.42. The highest BCUT2D eigenvalue weighted by Gasteiger charge is 2.52. The van der Waals surface area contributed by atoms with Gasteiger partial charge in [0.05, 0.1) is 27.9 Å². The molecule has 4 heteroatoms. The summed E-state index contributed by atoms with van der Waals surface area (Å²) in [7, 11) is 4.79. The standard InChI is InChI=1S/C14H20O4/c1-9-7-14(9,8-15)10-5-11(16-2)13(18-4)12(6-10)17-3/h5-6,9,15H,7-8H2,1-4H3. The summed E-state index contributed by atoms with van der Waals surface area (Å²) in [5.41, 5.74) is 0.902. The van der Waals surface area contributed by atoms with Crippen LogP contribution >= 0.6 is 0 Å². The van der Waals surface area contributed by atoms with Crippen LogP contribution in [0.4, 0.5) is 0 Å². The molecule has 0 amide bonds. The van der Waals surface area contributed by atoms with Crippen LogP contribution in [-0.4, -0.2) is 33.0 Å². The van der Waals surface area contributed by atoms with E-state index in [1.807, 2.05) is 12.1 Å². The van der Waals surface area contributed by atoms with Gasteiger partial charge in [-0.2, -0.15) is 0 Å². The van der Waals surface area contributed by atoms with E-state index in [9.17, 15) is 5.11 Å². The van der Waals surface area contributed by atoms with Gasteiger partial charge in [-0.05, 0) is 30.0 Å². The number of aliphatic hydroxyl groups excluding tert-OH is 1. The molecule has 1 aliphatic carbocycles. The average molecular weight is 252 g/mol. The van der Waals surface area contributed by atoms with Crippen LogP contribution in [0.15, 0.2) is 12.1 Å². The molecule has 0 heterocycles. The van der Waals surface area contributed by atoms with E-state index in [1.165, 1.54) is 0 Å². The lowest BCUT2D eigenvalue weighted by atomic mass is 9.93. The monoisotopic (exact) mass is 252 g/mol. The van der Waals surface area contributed by atoms with Crippen molar-refractivity contribution in [2.24, 2.45) is 5.92 Å². The first kappa shape index (κ1) is 13.0. The molecule has 0 aliphatic heterocycles. The van der Waals surface area contributed by atoms with E-state index in [4.69, 9.17) is 14.2 Å². The molecule has 1 saturated carbocycles. The van der Waals surface area contributed by atoms with E-state index in [-0.39, 0.29) is 12.0 Å². The van der Waals surface area contributed by atoms with Gasteiger partial charge >= 0.3 is 0 Å². The summed E-state index contributed by atoms with van der Waals surface area (Å²) in [5, 5.41) is 9.62. The summed E-state index contributed by atoms with van der Waals surface area (Å²) in [4.78, 5) is 0. The number of methoxy groups -OCH3 is 3. The van der Waals surface area contributed by atoms with Crippen molar-refractivity contribution in [2.45, 2.75) is 18.8 Å². The largest absolute Gasteiger partial charge is 0.493 e. The molecule has 0 spiro atoms. The number of benzene rings is 1. The second kappa shape index (κ2) is 4.69. The second-order valence-corrected chi connectivity index (χ2v) is 4.83. The van der Waals surface area contributed by atoms with Crippen LogP contribution in [0.1, 0.15) is 18.9 Å². The summed E-state index contributed by atoms with van der Waals surface area (Å²) < 4.78 is 16.0. The van der Waals surface area contributed by atoms with Gasteiger partial charge in [0.15, 0.2) is 11.5 Å². The first-order valence-corrected chi connectivity index (χ1v) is 6.04. The van der Waals surface area contributed by atoms with Crippen molar-refractivity contribution in [2.75, 3.05) is 27.9 Å². The molecule has 1 aromatic carbocycles. The second-order valence-electron chi connectivity index (χ2n) is 4.83. The van der Waals surface area contributed by atoms with Crippen LogP contribution in [0.3, 0.4) is 0 Å².